The van der Waals surface area contributed by atoms with Crippen LogP contribution in [-0.2, 0) is 16.1 Å². The van der Waals surface area contributed by atoms with Crippen molar-refractivity contribution in [3.63, 3.8) is 0 Å². The number of carbonyl (C=O) groups is 1. The average Bonchev–Trinajstić information content (AvgIpc) is 3.23. The maximum absolute atomic E-state index is 11.8. The predicted molar refractivity (Wildman–Crippen MR) is 95.4 cm³/mol. The smallest absolute Gasteiger partial charge is 0.331 e. The second-order valence-electron chi connectivity index (χ2n) is 4.95. The van der Waals surface area contributed by atoms with Crippen molar-refractivity contribution in [1.29, 1.82) is 0 Å². The number of thiazole rings is 1. The van der Waals surface area contributed by atoms with E-state index in [2.05, 4.69) is 10.4 Å². The summed E-state index contributed by atoms with van der Waals surface area (Å²) in [6, 6.07) is 9.92. The molecule has 0 fully saturated rings. The van der Waals surface area contributed by atoms with E-state index >= 15 is 0 Å². The van der Waals surface area contributed by atoms with Crippen LogP contribution in [0.25, 0.3) is 16.6 Å². The van der Waals surface area contributed by atoms with Gasteiger partial charge in [-0.3, -0.25) is 0 Å². The van der Waals surface area contributed by atoms with Gasteiger partial charge in [-0.25, -0.2) is 9.78 Å². The minimum Gasteiger partial charge on any atom is -0.456 e. The van der Waals surface area contributed by atoms with Crippen molar-refractivity contribution in [2.75, 3.05) is 0 Å². The average molecular weight is 341 g/mol. The molecular formula is C18H15NO2S2. The summed E-state index contributed by atoms with van der Waals surface area (Å²) in [4.78, 5) is 16.3. The second kappa shape index (κ2) is 7.35. The van der Waals surface area contributed by atoms with Crippen LogP contribution in [0.4, 0.5) is 0 Å². The van der Waals surface area contributed by atoms with Gasteiger partial charge in [0.2, 0.25) is 0 Å². The number of thiophene rings is 1. The lowest BCUT2D eigenvalue weighted by Crippen LogP contribution is -2.01. The molecule has 3 rings (SSSR count). The molecule has 2 heterocycles. The molecule has 0 atom stereocenters. The first-order chi connectivity index (χ1) is 11.2. The molecular weight excluding hydrogens is 326 g/mol. The molecule has 0 aliphatic heterocycles. The van der Waals surface area contributed by atoms with Crippen LogP contribution in [-0.4, -0.2) is 11.0 Å². The maximum Gasteiger partial charge on any atom is 0.331 e. The molecule has 1 aromatic carbocycles. The van der Waals surface area contributed by atoms with Crippen LogP contribution in [0.1, 0.15) is 16.8 Å². The van der Waals surface area contributed by atoms with Crippen LogP contribution in [0.3, 0.4) is 0 Å². The van der Waals surface area contributed by atoms with Crippen molar-refractivity contribution < 1.29 is 9.53 Å². The fourth-order valence-corrected chi connectivity index (χ4v) is 3.53. The summed E-state index contributed by atoms with van der Waals surface area (Å²) in [6.07, 6.45) is 3.23. The highest BCUT2D eigenvalue weighted by atomic mass is 32.1. The third-order valence-corrected chi connectivity index (χ3v) is 4.89. The lowest BCUT2D eigenvalue weighted by atomic mass is 10.1. The lowest BCUT2D eigenvalue weighted by molar-refractivity contribution is -0.139. The van der Waals surface area contributed by atoms with E-state index in [4.69, 9.17) is 4.74 Å². The first-order valence-corrected chi connectivity index (χ1v) is 8.92. The van der Waals surface area contributed by atoms with Crippen molar-refractivity contribution in [2.24, 2.45) is 0 Å². The summed E-state index contributed by atoms with van der Waals surface area (Å²) in [7, 11) is 0. The maximum atomic E-state index is 11.8. The number of hydrogen-bond acceptors (Lipinski definition) is 5. The number of hydrogen-bond donors (Lipinski definition) is 0. The Hall–Kier alpha value is -2.24. The summed E-state index contributed by atoms with van der Waals surface area (Å²) >= 11 is 3.20. The standard InChI is InChI=1S/C18H15NO2S2/c1-13-4-2-3-5-14(13)6-7-17(20)21-10-16-12-23-18(19-16)15-8-9-22-11-15/h2-9,11-12H,10H2,1H3/b7-6+. The molecule has 2 aromatic heterocycles. The van der Waals surface area contributed by atoms with Gasteiger partial charge < -0.3 is 4.74 Å². The van der Waals surface area contributed by atoms with Gasteiger partial charge in [0.05, 0.1) is 5.69 Å². The van der Waals surface area contributed by atoms with Crippen LogP contribution < -0.4 is 0 Å². The third kappa shape index (κ3) is 4.15. The first kappa shape index (κ1) is 15.6. The van der Waals surface area contributed by atoms with Gasteiger partial charge in [-0.05, 0) is 35.6 Å². The van der Waals surface area contributed by atoms with Crippen molar-refractivity contribution in [1.82, 2.24) is 4.98 Å². The van der Waals surface area contributed by atoms with Gasteiger partial charge >= 0.3 is 5.97 Å². The van der Waals surface area contributed by atoms with E-state index in [0.717, 1.165) is 27.4 Å². The molecule has 116 valence electrons. The minimum absolute atomic E-state index is 0.192. The molecule has 0 aliphatic carbocycles. The van der Waals surface area contributed by atoms with Crippen molar-refractivity contribution >= 4 is 34.7 Å². The topological polar surface area (TPSA) is 39.2 Å². The van der Waals surface area contributed by atoms with Crippen LogP contribution >= 0.6 is 22.7 Å². The van der Waals surface area contributed by atoms with Crippen LogP contribution in [0.5, 0.6) is 0 Å². The SMILES string of the molecule is Cc1ccccc1/C=C/C(=O)OCc1csc(-c2ccsc2)n1. The molecule has 0 aliphatic rings. The van der Waals surface area contributed by atoms with Crippen LogP contribution in [0.15, 0.2) is 52.5 Å². The summed E-state index contributed by atoms with van der Waals surface area (Å²) < 4.78 is 5.24. The largest absolute Gasteiger partial charge is 0.456 e. The monoisotopic (exact) mass is 341 g/mol. The number of ether oxygens (including phenoxy) is 1. The molecule has 0 spiro atoms. The molecule has 0 radical (unpaired) electrons. The van der Waals surface area contributed by atoms with Gasteiger partial charge in [0.25, 0.3) is 0 Å². The van der Waals surface area contributed by atoms with Crippen molar-refractivity contribution in [3.8, 4) is 10.6 Å². The quantitative estimate of drug-likeness (QED) is 0.487. The lowest BCUT2D eigenvalue weighted by Gasteiger charge is -2.00. The minimum atomic E-state index is -0.363. The number of aryl methyl sites for hydroxylation is 1. The third-order valence-electron chi connectivity index (χ3n) is 3.27. The fraction of sp³-hybridized carbons (Fsp3) is 0.111. The molecule has 0 bridgehead atoms. The van der Waals surface area contributed by atoms with E-state index in [-0.39, 0.29) is 12.6 Å². The predicted octanol–water partition coefficient (Wildman–Crippen LogP) is 4.94. The van der Waals surface area contributed by atoms with Gasteiger partial charge in [-0.2, -0.15) is 11.3 Å². The van der Waals surface area contributed by atoms with E-state index < -0.39 is 0 Å². The number of nitrogens with zero attached hydrogens (tertiary/aromatic N) is 1. The fourth-order valence-electron chi connectivity index (χ4n) is 2.02. The van der Waals surface area contributed by atoms with Gasteiger partial charge in [-0.15, -0.1) is 11.3 Å². The van der Waals surface area contributed by atoms with Gasteiger partial charge in [-0.1, -0.05) is 24.3 Å². The number of esters is 1. The molecule has 0 unspecified atom stereocenters. The summed E-state index contributed by atoms with van der Waals surface area (Å²) in [5, 5.41) is 6.95. The van der Waals surface area contributed by atoms with E-state index in [0.29, 0.717) is 0 Å². The molecule has 0 saturated heterocycles. The summed E-state index contributed by atoms with van der Waals surface area (Å²) in [5.41, 5.74) is 4.01. The van der Waals surface area contributed by atoms with E-state index in [9.17, 15) is 4.79 Å². The Bertz CT molecular complexity index is 819. The van der Waals surface area contributed by atoms with Gasteiger partial charge in [0, 0.05) is 22.4 Å². The molecule has 3 aromatic rings. The highest BCUT2D eigenvalue weighted by Gasteiger charge is 2.06. The molecule has 0 amide bonds. The Morgan fingerprint density at radius 3 is 2.91 bits per heavy atom. The Morgan fingerprint density at radius 2 is 2.13 bits per heavy atom. The number of carbonyl (C=O) groups excluding carboxylic acids is 1. The summed E-state index contributed by atoms with van der Waals surface area (Å²) in [6.45, 7) is 2.20. The van der Waals surface area contributed by atoms with E-state index in [1.165, 1.54) is 6.08 Å². The highest BCUT2D eigenvalue weighted by Crippen LogP contribution is 2.25. The van der Waals surface area contributed by atoms with Gasteiger partial charge in [0.1, 0.15) is 11.6 Å². The summed E-state index contributed by atoms with van der Waals surface area (Å²) in [5.74, 6) is -0.363. The zero-order valence-corrected chi connectivity index (χ0v) is 14.2. The van der Waals surface area contributed by atoms with Crippen LogP contribution in [0.2, 0.25) is 0 Å². The Morgan fingerprint density at radius 1 is 1.26 bits per heavy atom. The second-order valence-corrected chi connectivity index (χ2v) is 6.59. The number of benzene rings is 1. The van der Waals surface area contributed by atoms with Crippen molar-refractivity contribution in [2.45, 2.75) is 13.5 Å². The first-order valence-electron chi connectivity index (χ1n) is 7.10. The zero-order chi connectivity index (χ0) is 16.1. The molecule has 5 heteroatoms. The molecule has 3 nitrogen and oxygen atoms in total. The van der Waals surface area contributed by atoms with Crippen LogP contribution in [0, 0.1) is 6.92 Å². The van der Waals surface area contributed by atoms with Crippen molar-refractivity contribution in [3.05, 3.63) is 69.4 Å². The highest BCUT2D eigenvalue weighted by molar-refractivity contribution is 7.14. The Balaban J connectivity index is 1.56. The van der Waals surface area contributed by atoms with E-state index in [1.807, 2.05) is 48.0 Å². The molecule has 0 N–H and O–H groups in total. The number of aromatic nitrogens is 1. The van der Waals surface area contributed by atoms with Gasteiger partial charge in [0.15, 0.2) is 0 Å². The number of rotatable bonds is 5. The van der Waals surface area contributed by atoms with E-state index in [1.54, 1.807) is 28.7 Å². The molecule has 23 heavy (non-hydrogen) atoms. The molecule has 0 saturated carbocycles. The zero-order valence-electron chi connectivity index (χ0n) is 12.6. The normalized spacial score (nSPS) is 11.0. The Kier molecular flexibility index (Phi) is 5.00. The Labute approximate surface area is 142 Å².